The fourth-order valence-electron chi connectivity index (χ4n) is 3.89. The van der Waals surface area contributed by atoms with Gasteiger partial charge in [0.15, 0.2) is 0 Å². The summed E-state index contributed by atoms with van der Waals surface area (Å²) in [5.41, 5.74) is 1.63. The van der Waals surface area contributed by atoms with Crippen LogP contribution >= 0.6 is 0 Å². The maximum Gasteiger partial charge on any atom is 0.500 e. The Bertz CT molecular complexity index is 904. The molecule has 1 aromatic heterocycles. The van der Waals surface area contributed by atoms with Gasteiger partial charge in [0.05, 0.1) is 0 Å². The molecular weight excluding hydrogens is 374 g/mol. The average molecular weight is 404 g/mol. The van der Waals surface area contributed by atoms with Crippen LogP contribution < -0.4 is 5.56 Å². The summed E-state index contributed by atoms with van der Waals surface area (Å²) in [5, 5.41) is 12.3. The lowest BCUT2D eigenvalue weighted by Gasteiger charge is -2.28. The van der Waals surface area contributed by atoms with Crippen LogP contribution in [0.1, 0.15) is 38.3 Å². The molecule has 6 nitrogen and oxygen atoms in total. The third-order valence-corrected chi connectivity index (χ3v) is 8.12. The fourth-order valence-corrected chi connectivity index (χ4v) is 6.48. The molecule has 7 heteroatoms. The van der Waals surface area contributed by atoms with Gasteiger partial charge in [0.2, 0.25) is 5.88 Å². The largest absolute Gasteiger partial charge is 0.500 e. The first-order chi connectivity index (χ1) is 13.6. The van der Waals surface area contributed by atoms with Gasteiger partial charge in [-0.05, 0) is 45.2 Å². The first-order valence-electron chi connectivity index (χ1n) is 10.0. The molecule has 0 bridgehead atoms. The molecule has 1 aliphatic rings. The Morgan fingerprint density at radius 3 is 2.43 bits per heavy atom. The van der Waals surface area contributed by atoms with Gasteiger partial charge in [0.1, 0.15) is 0 Å². The van der Waals surface area contributed by atoms with Gasteiger partial charge >= 0.3 is 8.80 Å². The normalized spacial score (nSPS) is 13.4. The van der Waals surface area contributed by atoms with Crippen LogP contribution in [0.4, 0.5) is 0 Å². The van der Waals surface area contributed by atoms with Crippen molar-refractivity contribution in [3.05, 3.63) is 45.8 Å². The lowest BCUT2D eigenvalue weighted by Crippen LogP contribution is -2.46. The second kappa shape index (κ2) is 9.04. The minimum absolute atomic E-state index is 0.0254. The van der Waals surface area contributed by atoms with Gasteiger partial charge < -0.3 is 18.4 Å². The molecule has 1 heterocycles. The molecule has 1 aliphatic carbocycles. The van der Waals surface area contributed by atoms with Crippen molar-refractivity contribution in [2.75, 3.05) is 19.8 Å². The van der Waals surface area contributed by atoms with E-state index in [1.54, 1.807) is 0 Å². The van der Waals surface area contributed by atoms with Crippen LogP contribution in [0, 0.1) is 0 Å². The van der Waals surface area contributed by atoms with Crippen molar-refractivity contribution in [2.45, 2.75) is 46.2 Å². The average Bonchev–Trinajstić information content (AvgIpc) is 2.69. The highest BCUT2D eigenvalue weighted by molar-refractivity contribution is 6.60. The first kappa shape index (κ1) is 20.8. The maximum absolute atomic E-state index is 13.0. The third-order valence-electron chi connectivity index (χ3n) is 4.97. The Hall–Kier alpha value is -1.93. The maximum atomic E-state index is 13.0. The number of allylic oxidation sites excluding steroid dienone is 1. The van der Waals surface area contributed by atoms with Crippen LogP contribution in [0.2, 0.25) is 6.04 Å². The summed E-state index contributed by atoms with van der Waals surface area (Å²) >= 11 is 0. The van der Waals surface area contributed by atoms with Crippen LogP contribution in [0.15, 0.2) is 29.1 Å². The monoisotopic (exact) mass is 403 g/mol. The summed E-state index contributed by atoms with van der Waals surface area (Å²) in [6, 6.07) is 6.34. The predicted molar refractivity (Wildman–Crippen MR) is 113 cm³/mol. The second-order valence-electron chi connectivity index (χ2n) is 6.73. The van der Waals surface area contributed by atoms with Crippen LogP contribution in [0.3, 0.4) is 0 Å². The molecule has 0 saturated carbocycles. The Morgan fingerprint density at radius 2 is 1.79 bits per heavy atom. The number of hydrogen-bond donors (Lipinski definition) is 1. The van der Waals surface area contributed by atoms with Crippen molar-refractivity contribution in [1.29, 1.82) is 0 Å². The van der Waals surface area contributed by atoms with Crippen LogP contribution in [-0.2, 0) is 26.2 Å². The Kier molecular flexibility index (Phi) is 6.72. The molecule has 0 amide bonds. The molecule has 0 radical (unpaired) electrons. The SMILES string of the molecule is CCO[Si](CCCn1c(O)c2c3c(cccc3c1=O)CC=C2)(OCC)OCC. The summed E-state index contributed by atoms with van der Waals surface area (Å²) in [4.78, 5) is 13.0. The van der Waals surface area contributed by atoms with E-state index in [-0.39, 0.29) is 11.4 Å². The molecule has 0 spiro atoms. The molecule has 152 valence electrons. The molecule has 0 atom stereocenters. The van der Waals surface area contributed by atoms with Gasteiger partial charge in [0, 0.05) is 48.7 Å². The number of pyridine rings is 1. The highest BCUT2D eigenvalue weighted by atomic mass is 28.4. The second-order valence-corrected chi connectivity index (χ2v) is 9.46. The van der Waals surface area contributed by atoms with E-state index in [4.69, 9.17) is 13.3 Å². The van der Waals surface area contributed by atoms with Crippen molar-refractivity contribution in [2.24, 2.45) is 0 Å². The quantitative estimate of drug-likeness (QED) is 0.613. The minimum atomic E-state index is -2.77. The fraction of sp³-hybridized carbons (Fsp3) is 0.476. The lowest BCUT2D eigenvalue weighted by atomic mass is 9.94. The topological polar surface area (TPSA) is 69.9 Å². The highest BCUT2D eigenvalue weighted by Gasteiger charge is 2.39. The van der Waals surface area contributed by atoms with Gasteiger partial charge in [-0.3, -0.25) is 9.36 Å². The summed E-state index contributed by atoms with van der Waals surface area (Å²) in [6.07, 6.45) is 5.32. The smallest absolute Gasteiger partial charge is 0.494 e. The van der Waals surface area contributed by atoms with E-state index in [1.165, 1.54) is 4.57 Å². The highest BCUT2D eigenvalue weighted by Crippen LogP contribution is 2.32. The molecule has 28 heavy (non-hydrogen) atoms. The van der Waals surface area contributed by atoms with Crippen molar-refractivity contribution >= 4 is 25.7 Å². The molecule has 2 aromatic rings. The molecule has 1 N–H and O–H groups in total. The van der Waals surface area contributed by atoms with E-state index in [2.05, 4.69) is 0 Å². The predicted octanol–water partition coefficient (Wildman–Crippen LogP) is 3.71. The van der Waals surface area contributed by atoms with Crippen molar-refractivity contribution in [3.63, 3.8) is 0 Å². The summed E-state index contributed by atoms with van der Waals surface area (Å²) in [7, 11) is -2.77. The van der Waals surface area contributed by atoms with E-state index >= 15 is 0 Å². The van der Waals surface area contributed by atoms with Gasteiger partial charge in [-0.2, -0.15) is 0 Å². The molecule has 0 unspecified atom stereocenters. The zero-order chi connectivity index (χ0) is 20.1. The third kappa shape index (κ3) is 3.93. The van der Waals surface area contributed by atoms with Crippen LogP contribution in [-0.4, -0.2) is 38.3 Å². The van der Waals surface area contributed by atoms with Crippen LogP contribution in [0.25, 0.3) is 16.8 Å². The van der Waals surface area contributed by atoms with Crippen molar-refractivity contribution < 1.29 is 18.4 Å². The Labute approximate surface area is 166 Å². The summed E-state index contributed by atoms with van der Waals surface area (Å²) in [6.45, 7) is 7.71. The zero-order valence-corrected chi connectivity index (χ0v) is 17.9. The molecule has 0 saturated heterocycles. The lowest BCUT2D eigenvalue weighted by molar-refractivity contribution is 0.0704. The van der Waals surface area contributed by atoms with Crippen molar-refractivity contribution in [1.82, 2.24) is 4.57 Å². The Balaban J connectivity index is 1.89. The first-order valence-corrected chi connectivity index (χ1v) is 12.0. The minimum Gasteiger partial charge on any atom is -0.494 e. The van der Waals surface area contributed by atoms with Gasteiger partial charge in [0.25, 0.3) is 5.56 Å². The number of aromatic nitrogens is 1. The van der Waals surface area contributed by atoms with Gasteiger partial charge in [-0.1, -0.05) is 24.3 Å². The summed E-state index contributed by atoms with van der Waals surface area (Å²) in [5.74, 6) is 0.0254. The molecule has 0 aliphatic heterocycles. The van der Waals surface area contributed by atoms with Gasteiger partial charge in [-0.25, -0.2) is 0 Å². The number of hydrogen-bond acceptors (Lipinski definition) is 5. The number of benzene rings is 1. The number of nitrogens with zero attached hydrogens (tertiary/aromatic N) is 1. The molecule has 0 fully saturated rings. The number of rotatable bonds is 10. The molecular formula is C21H29NO5Si. The van der Waals surface area contributed by atoms with E-state index in [0.717, 1.165) is 22.9 Å². The van der Waals surface area contributed by atoms with Crippen LogP contribution in [0.5, 0.6) is 5.88 Å². The Morgan fingerprint density at radius 1 is 1.11 bits per heavy atom. The molecule has 1 aromatic carbocycles. The van der Waals surface area contributed by atoms with E-state index in [1.807, 2.05) is 51.1 Å². The van der Waals surface area contributed by atoms with E-state index < -0.39 is 8.80 Å². The van der Waals surface area contributed by atoms with E-state index in [9.17, 15) is 9.90 Å². The summed E-state index contributed by atoms with van der Waals surface area (Å²) < 4.78 is 19.1. The molecule has 3 rings (SSSR count). The van der Waals surface area contributed by atoms with Gasteiger partial charge in [-0.15, -0.1) is 0 Å². The van der Waals surface area contributed by atoms with E-state index in [0.29, 0.717) is 44.2 Å². The standard InChI is InChI=1S/C21H29NO5Si/c1-4-25-28(26-5-2,27-6-3)15-9-14-22-20(23)17-12-7-10-16-11-8-13-18(19(16)17)21(22)24/h7-8,10,12-13,24H,4-6,9,11,14-15H2,1-3H3. The number of aromatic hydroxyl groups is 1. The zero-order valence-electron chi connectivity index (χ0n) is 16.9. The van der Waals surface area contributed by atoms with Crippen molar-refractivity contribution in [3.8, 4) is 5.88 Å².